The molecule has 0 N–H and O–H groups in total. The summed E-state index contributed by atoms with van der Waals surface area (Å²) >= 11 is 0. The first-order valence-corrected chi connectivity index (χ1v) is 6.89. The molecule has 0 aliphatic carbocycles. The summed E-state index contributed by atoms with van der Waals surface area (Å²) in [5.74, 6) is 0.260. The Morgan fingerprint density at radius 1 is 1.33 bits per heavy atom. The van der Waals surface area contributed by atoms with Gasteiger partial charge in [0.1, 0.15) is 0 Å². The second kappa shape index (κ2) is 6.14. The second-order valence-electron chi connectivity index (χ2n) is 5.25. The molecular formula is C16H22O2. The van der Waals surface area contributed by atoms with Crippen molar-refractivity contribution in [2.75, 3.05) is 6.61 Å². The van der Waals surface area contributed by atoms with Crippen LogP contribution in [0.15, 0.2) is 18.2 Å². The Balaban J connectivity index is 1.81. The molecule has 1 aromatic carbocycles. The average molecular weight is 246 g/mol. The summed E-state index contributed by atoms with van der Waals surface area (Å²) in [6, 6.07) is 5.98. The Labute approximate surface area is 109 Å². The lowest BCUT2D eigenvalue weighted by Gasteiger charge is -2.08. The van der Waals surface area contributed by atoms with Crippen molar-refractivity contribution in [2.24, 2.45) is 0 Å². The van der Waals surface area contributed by atoms with E-state index in [1.165, 1.54) is 17.5 Å². The highest BCUT2D eigenvalue weighted by molar-refractivity contribution is 5.96. The summed E-state index contributed by atoms with van der Waals surface area (Å²) in [5, 5.41) is 0. The molecule has 1 saturated heterocycles. The lowest BCUT2D eigenvalue weighted by atomic mass is 9.99. The number of aryl methyl sites for hydroxylation is 2. The molecule has 1 fully saturated rings. The average Bonchev–Trinajstić information content (AvgIpc) is 2.85. The molecule has 0 amide bonds. The molecule has 1 unspecified atom stereocenters. The van der Waals surface area contributed by atoms with Crippen molar-refractivity contribution < 1.29 is 9.53 Å². The van der Waals surface area contributed by atoms with E-state index in [1.807, 2.05) is 18.2 Å². The van der Waals surface area contributed by atoms with Crippen molar-refractivity contribution in [1.29, 1.82) is 0 Å². The minimum atomic E-state index is 0.260. The molecule has 1 aromatic rings. The van der Waals surface area contributed by atoms with Crippen LogP contribution in [0.3, 0.4) is 0 Å². The summed E-state index contributed by atoms with van der Waals surface area (Å²) in [6.45, 7) is 5.02. The largest absolute Gasteiger partial charge is 0.378 e. The first-order valence-electron chi connectivity index (χ1n) is 6.89. The molecule has 1 aliphatic rings. The van der Waals surface area contributed by atoms with Gasteiger partial charge >= 0.3 is 0 Å². The van der Waals surface area contributed by atoms with Crippen LogP contribution in [-0.2, 0) is 4.74 Å². The molecule has 0 saturated carbocycles. The van der Waals surface area contributed by atoms with Gasteiger partial charge in [0.25, 0.3) is 0 Å². The Bertz CT molecular complexity index is 417. The van der Waals surface area contributed by atoms with Gasteiger partial charge < -0.3 is 4.74 Å². The first kappa shape index (κ1) is 13.3. The number of Topliss-reactive ketones (excluding diaryl/α,β-unsaturated/α-hetero) is 1. The van der Waals surface area contributed by atoms with Crippen LogP contribution in [0.2, 0.25) is 0 Å². The van der Waals surface area contributed by atoms with Crippen LogP contribution in [0.25, 0.3) is 0 Å². The van der Waals surface area contributed by atoms with Crippen LogP contribution in [0, 0.1) is 13.8 Å². The molecule has 2 heteroatoms. The van der Waals surface area contributed by atoms with Gasteiger partial charge in [0.05, 0.1) is 6.10 Å². The van der Waals surface area contributed by atoms with Crippen LogP contribution in [-0.4, -0.2) is 18.5 Å². The molecule has 0 bridgehead atoms. The van der Waals surface area contributed by atoms with Crippen molar-refractivity contribution >= 4 is 5.78 Å². The summed E-state index contributed by atoms with van der Waals surface area (Å²) in [6.07, 6.45) is 5.35. The van der Waals surface area contributed by atoms with Crippen molar-refractivity contribution in [3.63, 3.8) is 0 Å². The molecule has 1 atom stereocenters. The van der Waals surface area contributed by atoms with Crippen LogP contribution in [0.5, 0.6) is 0 Å². The third kappa shape index (κ3) is 3.42. The quantitative estimate of drug-likeness (QED) is 0.738. The van der Waals surface area contributed by atoms with Gasteiger partial charge in [0.15, 0.2) is 5.78 Å². The van der Waals surface area contributed by atoms with Crippen LogP contribution < -0.4 is 0 Å². The summed E-state index contributed by atoms with van der Waals surface area (Å²) in [7, 11) is 0. The maximum Gasteiger partial charge on any atom is 0.162 e. The fourth-order valence-corrected chi connectivity index (χ4v) is 2.42. The van der Waals surface area contributed by atoms with Gasteiger partial charge in [-0.2, -0.15) is 0 Å². The number of hydrogen-bond donors (Lipinski definition) is 0. The Morgan fingerprint density at radius 3 is 2.83 bits per heavy atom. The lowest BCUT2D eigenvalue weighted by molar-refractivity contribution is 0.0922. The van der Waals surface area contributed by atoms with E-state index >= 15 is 0 Å². The summed E-state index contributed by atoms with van der Waals surface area (Å²) in [5.41, 5.74) is 3.29. The van der Waals surface area contributed by atoms with Gasteiger partial charge in [-0.05, 0) is 56.7 Å². The van der Waals surface area contributed by atoms with Gasteiger partial charge in [-0.25, -0.2) is 0 Å². The molecule has 0 radical (unpaired) electrons. The third-order valence-corrected chi connectivity index (χ3v) is 3.78. The molecule has 0 spiro atoms. The number of hydrogen-bond acceptors (Lipinski definition) is 2. The summed E-state index contributed by atoms with van der Waals surface area (Å²) in [4.78, 5) is 12.0. The second-order valence-corrected chi connectivity index (χ2v) is 5.25. The standard InChI is InChI=1S/C16H22O2/c1-12-8-9-14(11-13(12)2)16(17)7-3-5-15-6-4-10-18-15/h8-9,11,15H,3-7,10H2,1-2H3. The van der Waals surface area contributed by atoms with Crippen molar-refractivity contribution in [2.45, 2.75) is 52.1 Å². The van der Waals surface area contributed by atoms with E-state index in [2.05, 4.69) is 13.8 Å². The van der Waals surface area contributed by atoms with Gasteiger partial charge in [0.2, 0.25) is 0 Å². The van der Waals surface area contributed by atoms with Crippen molar-refractivity contribution in [1.82, 2.24) is 0 Å². The van der Waals surface area contributed by atoms with Crippen molar-refractivity contribution in [3.8, 4) is 0 Å². The minimum absolute atomic E-state index is 0.260. The molecule has 2 rings (SSSR count). The van der Waals surface area contributed by atoms with E-state index < -0.39 is 0 Å². The Hall–Kier alpha value is -1.15. The molecule has 0 aromatic heterocycles. The van der Waals surface area contributed by atoms with Crippen LogP contribution in [0.4, 0.5) is 0 Å². The predicted octanol–water partition coefficient (Wildman–Crippen LogP) is 3.84. The van der Waals surface area contributed by atoms with Crippen LogP contribution in [0.1, 0.15) is 53.6 Å². The predicted molar refractivity (Wildman–Crippen MR) is 73.1 cm³/mol. The fraction of sp³-hybridized carbons (Fsp3) is 0.562. The Kier molecular flexibility index (Phi) is 4.54. The Morgan fingerprint density at radius 2 is 2.17 bits per heavy atom. The zero-order valence-corrected chi connectivity index (χ0v) is 11.4. The SMILES string of the molecule is Cc1ccc(C(=O)CCCC2CCCO2)cc1C. The van der Waals surface area contributed by atoms with Gasteiger partial charge in [-0.1, -0.05) is 12.1 Å². The lowest BCUT2D eigenvalue weighted by Crippen LogP contribution is -2.06. The number of rotatable bonds is 5. The number of benzene rings is 1. The summed E-state index contributed by atoms with van der Waals surface area (Å²) < 4.78 is 5.56. The molecule has 98 valence electrons. The smallest absolute Gasteiger partial charge is 0.162 e. The molecule has 2 nitrogen and oxygen atoms in total. The number of ether oxygens (including phenoxy) is 1. The zero-order valence-electron chi connectivity index (χ0n) is 11.4. The van der Waals surface area contributed by atoms with Gasteiger partial charge in [-0.3, -0.25) is 4.79 Å². The van der Waals surface area contributed by atoms with Crippen molar-refractivity contribution in [3.05, 3.63) is 34.9 Å². The van der Waals surface area contributed by atoms with E-state index in [1.54, 1.807) is 0 Å². The van der Waals surface area contributed by atoms with Crippen LogP contribution >= 0.6 is 0 Å². The number of ketones is 1. The third-order valence-electron chi connectivity index (χ3n) is 3.78. The minimum Gasteiger partial charge on any atom is -0.378 e. The fourth-order valence-electron chi connectivity index (χ4n) is 2.42. The number of carbonyl (C=O) groups is 1. The molecule has 18 heavy (non-hydrogen) atoms. The maximum absolute atomic E-state index is 12.0. The van der Waals surface area contributed by atoms with Gasteiger partial charge in [-0.15, -0.1) is 0 Å². The van der Waals surface area contributed by atoms with E-state index in [0.29, 0.717) is 12.5 Å². The highest BCUT2D eigenvalue weighted by atomic mass is 16.5. The molecular weight excluding hydrogens is 224 g/mol. The van der Waals surface area contributed by atoms with E-state index in [9.17, 15) is 4.79 Å². The molecule has 1 heterocycles. The zero-order chi connectivity index (χ0) is 13.0. The highest BCUT2D eigenvalue weighted by Gasteiger charge is 2.15. The normalized spacial score (nSPS) is 19.1. The maximum atomic E-state index is 12.0. The monoisotopic (exact) mass is 246 g/mol. The highest BCUT2D eigenvalue weighted by Crippen LogP contribution is 2.19. The van der Waals surface area contributed by atoms with E-state index in [-0.39, 0.29) is 5.78 Å². The molecule has 1 aliphatic heterocycles. The van der Waals surface area contributed by atoms with E-state index in [4.69, 9.17) is 4.74 Å². The van der Waals surface area contributed by atoms with Gasteiger partial charge in [0, 0.05) is 18.6 Å². The van der Waals surface area contributed by atoms with E-state index in [0.717, 1.165) is 31.4 Å². The topological polar surface area (TPSA) is 26.3 Å². The first-order chi connectivity index (χ1) is 8.66. The number of carbonyl (C=O) groups excluding carboxylic acids is 1.